The molecular weight excluding hydrogens is 220 g/mol. The zero-order chi connectivity index (χ0) is 12.7. The van der Waals surface area contributed by atoms with Crippen LogP contribution in [-0.2, 0) is 16.0 Å². The number of aliphatic hydroxyl groups excluding tert-OH is 1. The summed E-state index contributed by atoms with van der Waals surface area (Å²) in [6.07, 6.45) is -0.0492. The Morgan fingerprint density at radius 2 is 2.00 bits per heavy atom. The highest BCUT2D eigenvalue weighted by atomic mass is 16.5. The van der Waals surface area contributed by atoms with Gasteiger partial charge < -0.3 is 14.6 Å². The first-order chi connectivity index (χ1) is 8.17. The van der Waals surface area contributed by atoms with Crippen LogP contribution in [-0.4, -0.2) is 30.9 Å². The molecule has 0 saturated heterocycles. The zero-order valence-electron chi connectivity index (χ0n) is 10.2. The summed E-state index contributed by atoms with van der Waals surface area (Å²) in [5.74, 6) is 0.237. The molecule has 1 N–H and O–H groups in total. The molecule has 1 aromatic rings. The molecule has 0 bridgehead atoms. The van der Waals surface area contributed by atoms with Crippen LogP contribution in [0.15, 0.2) is 24.3 Å². The molecule has 0 aliphatic carbocycles. The van der Waals surface area contributed by atoms with Gasteiger partial charge in [-0.25, -0.2) is 4.79 Å². The van der Waals surface area contributed by atoms with E-state index in [0.717, 1.165) is 11.3 Å². The Bertz CT molecular complexity index is 345. The fourth-order valence-corrected chi connectivity index (χ4v) is 1.45. The van der Waals surface area contributed by atoms with Gasteiger partial charge in [-0.3, -0.25) is 0 Å². The van der Waals surface area contributed by atoms with Crippen LogP contribution in [0.2, 0.25) is 0 Å². The Hall–Kier alpha value is -1.55. The van der Waals surface area contributed by atoms with Gasteiger partial charge in [-0.05, 0) is 37.5 Å². The second kappa shape index (κ2) is 6.91. The maximum absolute atomic E-state index is 11.2. The smallest absolute Gasteiger partial charge is 0.334 e. The molecule has 0 radical (unpaired) electrons. The number of carbonyl (C=O) groups is 1. The normalized spacial score (nSPS) is 11.9. The van der Waals surface area contributed by atoms with Gasteiger partial charge in [0.05, 0.1) is 13.7 Å². The molecule has 94 valence electrons. The van der Waals surface area contributed by atoms with Crippen LogP contribution in [0.4, 0.5) is 0 Å². The molecule has 0 aliphatic rings. The molecule has 1 atom stereocenters. The van der Waals surface area contributed by atoms with Crippen LogP contribution in [0.25, 0.3) is 0 Å². The number of esters is 1. The van der Waals surface area contributed by atoms with Crippen molar-refractivity contribution in [3.05, 3.63) is 29.8 Å². The van der Waals surface area contributed by atoms with Crippen molar-refractivity contribution in [2.45, 2.75) is 25.9 Å². The lowest BCUT2D eigenvalue weighted by Gasteiger charge is -2.09. The van der Waals surface area contributed by atoms with Crippen molar-refractivity contribution in [3.8, 4) is 5.75 Å². The van der Waals surface area contributed by atoms with E-state index in [4.69, 9.17) is 9.47 Å². The molecule has 0 fully saturated rings. The Morgan fingerprint density at radius 3 is 2.53 bits per heavy atom. The lowest BCUT2D eigenvalue weighted by atomic mass is 10.1. The van der Waals surface area contributed by atoms with Gasteiger partial charge in [0.2, 0.25) is 0 Å². The highest BCUT2D eigenvalue weighted by molar-refractivity contribution is 5.74. The van der Waals surface area contributed by atoms with Crippen molar-refractivity contribution < 1.29 is 19.4 Å². The third-order valence-corrected chi connectivity index (χ3v) is 2.42. The molecule has 0 aliphatic heterocycles. The molecule has 4 heteroatoms. The van der Waals surface area contributed by atoms with Crippen molar-refractivity contribution in [1.29, 1.82) is 0 Å². The van der Waals surface area contributed by atoms with Gasteiger partial charge in [-0.1, -0.05) is 12.1 Å². The molecule has 0 amide bonds. The molecule has 0 saturated carbocycles. The quantitative estimate of drug-likeness (QED) is 0.764. The monoisotopic (exact) mass is 238 g/mol. The van der Waals surface area contributed by atoms with Crippen LogP contribution >= 0.6 is 0 Å². The standard InChI is InChI=1S/C13H18O4/c1-3-17-13(15)12(14)9-6-10-4-7-11(16-2)8-5-10/h4-5,7-8,12,14H,3,6,9H2,1-2H3/t12-/m0/s1. The predicted octanol–water partition coefficient (Wildman–Crippen LogP) is 1.55. The number of aliphatic hydroxyl groups is 1. The van der Waals surface area contributed by atoms with E-state index in [-0.39, 0.29) is 0 Å². The first-order valence-electron chi connectivity index (χ1n) is 5.65. The molecule has 0 aromatic heterocycles. The Labute approximate surface area is 101 Å². The number of hydrogen-bond acceptors (Lipinski definition) is 4. The fraction of sp³-hybridized carbons (Fsp3) is 0.462. The van der Waals surface area contributed by atoms with Crippen molar-refractivity contribution in [3.63, 3.8) is 0 Å². The Morgan fingerprint density at radius 1 is 1.35 bits per heavy atom. The summed E-state index contributed by atoms with van der Waals surface area (Å²) in [6.45, 7) is 2.01. The van der Waals surface area contributed by atoms with Crippen molar-refractivity contribution >= 4 is 5.97 Å². The minimum Gasteiger partial charge on any atom is -0.497 e. The second-order valence-corrected chi connectivity index (χ2v) is 3.65. The molecule has 1 rings (SSSR count). The van der Waals surface area contributed by atoms with Crippen molar-refractivity contribution in [2.24, 2.45) is 0 Å². The van der Waals surface area contributed by atoms with Gasteiger partial charge >= 0.3 is 5.97 Å². The number of ether oxygens (including phenoxy) is 2. The fourth-order valence-electron chi connectivity index (χ4n) is 1.45. The minimum absolute atomic E-state index is 0.290. The van der Waals surface area contributed by atoms with Gasteiger partial charge in [0.25, 0.3) is 0 Å². The van der Waals surface area contributed by atoms with Crippen molar-refractivity contribution in [2.75, 3.05) is 13.7 Å². The van der Waals surface area contributed by atoms with Crippen LogP contribution in [0.5, 0.6) is 5.75 Å². The van der Waals surface area contributed by atoms with E-state index < -0.39 is 12.1 Å². The number of benzene rings is 1. The second-order valence-electron chi connectivity index (χ2n) is 3.65. The van der Waals surface area contributed by atoms with Gasteiger partial charge in [0, 0.05) is 0 Å². The lowest BCUT2D eigenvalue weighted by molar-refractivity contribution is -0.153. The summed E-state index contributed by atoms with van der Waals surface area (Å²) >= 11 is 0. The largest absolute Gasteiger partial charge is 0.497 e. The van der Waals surface area contributed by atoms with Gasteiger partial charge in [-0.2, -0.15) is 0 Å². The third kappa shape index (κ3) is 4.44. The molecule has 0 unspecified atom stereocenters. The van der Waals surface area contributed by atoms with Crippen molar-refractivity contribution in [1.82, 2.24) is 0 Å². The summed E-state index contributed by atoms with van der Waals surface area (Å²) in [6, 6.07) is 7.53. The van der Waals surface area contributed by atoms with Crippen LogP contribution < -0.4 is 4.74 Å². The van der Waals surface area contributed by atoms with Crippen LogP contribution in [0, 0.1) is 0 Å². The summed E-state index contributed by atoms with van der Waals surface area (Å²) in [5.41, 5.74) is 1.05. The topological polar surface area (TPSA) is 55.8 Å². The summed E-state index contributed by atoms with van der Waals surface area (Å²) in [7, 11) is 1.61. The molecular formula is C13H18O4. The van der Waals surface area contributed by atoms with E-state index in [2.05, 4.69) is 0 Å². The van der Waals surface area contributed by atoms with E-state index in [9.17, 15) is 9.90 Å². The maximum atomic E-state index is 11.2. The summed E-state index contributed by atoms with van der Waals surface area (Å²) in [5, 5.41) is 9.51. The predicted molar refractivity (Wildman–Crippen MR) is 64.0 cm³/mol. The molecule has 0 heterocycles. The van der Waals surface area contributed by atoms with Gasteiger partial charge in [0.15, 0.2) is 6.10 Å². The highest BCUT2D eigenvalue weighted by Crippen LogP contribution is 2.13. The van der Waals surface area contributed by atoms with E-state index in [1.54, 1.807) is 14.0 Å². The van der Waals surface area contributed by atoms with Crippen LogP contribution in [0.3, 0.4) is 0 Å². The van der Waals surface area contributed by atoms with E-state index in [0.29, 0.717) is 19.4 Å². The third-order valence-electron chi connectivity index (χ3n) is 2.42. The minimum atomic E-state index is -1.04. The first kappa shape index (κ1) is 13.5. The van der Waals surface area contributed by atoms with Gasteiger partial charge in [0.1, 0.15) is 5.75 Å². The van der Waals surface area contributed by atoms with E-state index in [1.807, 2.05) is 24.3 Å². The average molecular weight is 238 g/mol. The molecule has 4 nitrogen and oxygen atoms in total. The maximum Gasteiger partial charge on any atom is 0.334 e. The molecule has 0 spiro atoms. The SMILES string of the molecule is CCOC(=O)[C@@H](O)CCc1ccc(OC)cc1. The summed E-state index contributed by atoms with van der Waals surface area (Å²) < 4.78 is 9.76. The van der Waals surface area contributed by atoms with E-state index in [1.165, 1.54) is 0 Å². The molecule has 17 heavy (non-hydrogen) atoms. The average Bonchev–Trinajstić information content (AvgIpc) is 2.36. The van der Waals surface area contributed by atoms with Gasteiger partial charge in [-0.15, -0.1) is 0 Å². The Kier molecular flexibility index (Phi) is 5.49. The number of aryl methyl sites for hydroxylation is 1. The first-order valence-corrected chi connectivity index (χ1v) is 5.65. The van der Waals surface area contributed by atoms with E-state index >= 15 is 0 Å². The number of methoxy groups -OCH3 is 1. The highest BCUT2D eigenvalue weighted by Gasteiger charge is 2.15. The number of carbonyl (C=O) groups excluding carboxylic acids is 1. The number of rotatable bonds is 6. The number of hydrogen-bond donors (Lipinski definition) is 1. The molecule has 1 aromatic carbocycles. The zero-order valence-corrected chi connectivity index (χ0v) is 10.2. The lowest BCUT2D eigenvalue weighted by Crippen LogP contribution is -2.23. The summed E-state index contributed by atoms with van der Waals surface area (Å²) in [4.78, 5) is 11.2. The van der Waals surface area contributed by atoms with Crippen LogP contribution in [0.1, 0.15) is 18.9 Å². The Balaban J connectivity index is 2.41.